The number of rotatable bonds is 0. The Bertz CT molecular complexity index is 101. The molecule has 2 heteroatoms. The van der Waals surface area contributed by atoms with Crippen LogP contribution in [0.3, 0.4) is 0 Å². The van der Waals surface area contributed by atoms with Crippen LogP contribution in [0.25, 0.3) is 0 Å². The molecule has 0 saturated carbocycles. The van der Waals surface area contributed by atoms with Gasteiger partial charge in [0.15, 0.2) is 8.32 Å². The van der Waals surface area contributed by atoms with E-state index in [-0.39, 0.29) is 0 Å². The van der Waals surface area contributed by atoms with Crippen LogP contribution in [-0.2, 0) is 4.43 Å². The Labute approximate surface area is 58.5 Å². The zero-order valence-electron chi connectivity index (χ0n) is 6.61. The first-order chi connectivity index (χ1) is 4.13. The molecule has 1 atom stereocenters. The molecule has 1 heterocycles. The molecule has 1 fully saturated rings. The van der Waals surface area contributed by atoms with Gasteiger partial charge in [0.25, 0.3) is 0 Å². The van der Waals surface area contributed by atoms with Gasteiger partial charge in [0.05, 0.1) is 0 Å². The number of hydrogen-bond acceptors (Lipinski definition) is 1. The van der Waals surface area contributed by atoms with Crippen LogP contribution in [0.15, 0.2) is 0 Å². The predicted molar refractivity (Wildman–Crippen MR) is 42.1 cm³/mol. The Morgan fingerprint density at radius 2 is 2.11 bits per heavy atom. The van der Waals surface area contributed by atoms with Crippen molar-refractivity contribution in [3.8, 4) is 0 Å². The molecule has 0 aromatic carbocycles. The van der Waals surface area contributed by atoms with Gasteiger partial charge in [-0.3, -0.25) is 0 Å². The fraction of sp³-hybridized carbons (Fsp3) is 1.00. The molecule has 9 heavy (non-hydrogen) atoms. The molecule has 1 aliphatic heterocycles. The van der Waals surface area contributed by atoms with E-state index in [2.05, 4.69) is 20.0 Å². The van der Waals surface area contributed by atoms with Crippen molar-refractivity contribution in [1.82, 2.24) is 0 Å². The highest BCUT2D eigenvalue weighted by Crippen LogP contribution is 2.31. The Hall–Kier alpha value is 0.177. The van der Waals surface area contributed by atoms with Gasteiger partial charge < -0.3 is 4.43 Å². The van der Waals surface area contributed by atoms with Gasteiger partial charge in [0, 0.05) is 6.61 Å². The van der Waals surface area contributed by atoms with E-state index in [1.54, 1.807) is 0 Å². The smallest absolute Gasteiger partial charge is 0.189 e. The Morgan fingerprint density at radius 1 is 1.44 bits per heavy atom. The lowest BCUT2D eigenvalue weighted by Crippen LogP contribution is -2.38. The van der Waals surface area contributed by atoms with Gasteiger partial charge >= 0.3 is 0 Å². The molecule has 54 valence electrons. The topological polar surface area (TPSA) is 9.23 Å². The van der Waals surface area contributed by atoms with Crippen molar-refractivity contribution in [3.05, 3.63) is 0 Å². The highest BCUT2D eigenvalue weighted by molar-refractivity contribution is 6.72. The average molecular weight is 144 g/mol. The summed E-state index contributed by atoms with van der Waals surface area (Å²) in [5.41, 5.74) is 0.867. The summed E-state index contributed by atoms with van der Waals surface area (Å²) >= 11 is 0. The van der Waals surface area contributed by atoms with Crippen LogP contribution in [0.2, 0.25) is 18.6 Å². The van der Waals surface area contributed by atoms with Gasteiger partial charge in [0.2, 0.25) is 0 Å². The Morgan fingerprint density at radius 3 is 2.44 bits per heavy atom. The third kappa shape index (κ3) is 1.55. The summed E-state index contributed by atoms with van der Waals surface area (Å²) in [4.78, 5) is 0. The Kier molecular flexibility index (Phi) is 1.96. The van der Waals surface area contributed by atoms with E-state index in [1.807, 2.05) is 0 Å². The molecule has 0 amide bonds. The normalized spacial score (nSPS) is 34.3. The maximum absolute atomic E-state index is 5.72. The van der Waals surface area contributed by atoms with Gasteiger partial charge in [0.1, 0.15) is 0 Å². The SMILES string of the molecule is CC1CCCO[Si]1(C)C. The maximum atomic E-state index is 5.72. The molecular formula is C7H16OSi. The van der Waals surface area contributed by atoms with E-state index in [9.17, 15) is 0 Å². The second kappa shape index (κ2) is 2.43. The molecule has 1 rings (SSSR count). The summed E-state index contributed by atoms with van der Waals surface area (Å²) in [5, 5.41) is 0. The van der Waals surface area contributed by atoms with Gasteiger partial charge in [-0.05, 0) is 31.5 Å². The van der Waals surface area contributed by atoms with Crippen molar-refractivity contribution < 1.29 is 4.43 Å². The standard InChI is InChI=1S/C7H16OSi/c1-7-5-4-6-8-9(7,2)3/h7H,4-6H2,1-3H3. The molecule has 0 radical (unpaired) electrons. The molecule has 1 unspecified atom stereocenters. The monoisotopic (exact) mass is 144 g/mol. The fourth-order valence-corrected chi connectivity index (χ4v) is 3.07. The number of hydrogen-bond donors (Lipinski definition) is 0. The molecule has 0 bridgehead atoms. The van der Waals surface area contributed by atoms with Crippen LogP contribution in [0, 0.1) is 0 Å². The maximum Gasteiger partial charge on any atom is 0.189 e. The molecule has 0 aromatic heterocycles. The van der Waals surface area contributed by atoms with E-state index >= 15 is 0 Å². The Balaban J connectivity index is 2.49. The summed E-state index contributed by atoms with van der Waals surface area (Å²) in [7, 11) is -1.19. The van der Waals surface area contributed by atoms with Crippen LogP contribution >= 0.6 is 0 Å². The third-order valence-corrected chi connectivity index (χ3v) is 6.05. The molecule has 0 spiro atoms. The minimum atomic E-state index is -1.19. The average Bonchev–Trinajstić information content (AvgIpc) is 1.77. The van der Waals surface area contributed by atoms with E-state index in [0.717, 1.165) is 12.1 Å². The molecule has 0 N–H and O–H groups in total. The first-order valence-corrected chi connectivity index (χ1v) is 6.75. The first kappa shape index (κ1) is 7.29. The molecule has 1 saturated heterocycles. The first-order valence-electron chi connectivity index (χ1n) is 3.77. The van der Waals surface area contributed by atoms with Crippen LogP contribution < -0.4 is 0 Å². The van der Waals surface area contributed by atoms with Crippen molar-refractivity contribution >= 4 is 8.32 Å². The molecule has 1 aliphatic rings. The highest BCUT2D eigenvalue weighted by Gasteiger charge is 2.32. The van der Waals surface area contributed by atoms with Crippen molar-refractivity contribution in [2.75, 3.05) is 6.61 Å². The molecule has 0 aliphatic carbocycles. The summed E-state index contributed by atoms with van der Waals surface area (Å²) < 4.78 is 5.72. The van der Waals surface area contributed by atoms with Crippen LogP contribution in [-0.4, -0.2) is 14.9 Å². The minimum Gasteiger partial charge on any atom is -0.417 e. The molecule has 0 aromatic rings. The summed E-state index contributed by atoms with van der Waals surface area (Å²) in [5.74, 6) is 0. The lowest BCUT2D eigenvalue weighted by molar-refractivity contribution is 0.258. The van der Waals surface area contributed by atoms with E-state index < -0.39 is 8.32 Å². The zero-order chi connectivity index (χ0) is 6.91. The lowest BCUT2D eigenvalue weighted by atomic mass is 10.2. The van der Waals surface area contributed by atoms with Crippen LogP contribution in [0.5, 0.6) is 0 Å². The zero-order valence-corrected chi connectivity index (χ0v) is 7.61. The second-order valence-electron chi connectivity index (χ2n) is 3.50. The van der Waals surface area contributed by atoms with Crippen LogP contribution in [0.1, 0.15) is 19.8 Å². The fourth-order valence-electron chi connectivity index (χ4n) is 1.21. The second-order valence-corrected chi connectivity index (χ2v) is 7.98. The van der Waals surface area contributed by atoms with Gasteiger partial charge in [-0.2, -0.15) is 0 Å². The summed E-state index contributed by atoms with van der Waals surface area (Å²) in [6, 6.07) is 0. The van der Waals surface area contributed by atoms with Gasteiger partial charge in [-0.1, -0.05) is 6.92 Å². The van der Waals surface area contributed by atoms with Crippen molar-refractivity contribution in [3.63, 3.8) is 0 Å². The van der Waals surface area contributed by atoms with Crippen molar-refractivity contribution in [2.24, 2.45) is 0 Å². The van der Waals surface area contributed by atoms with Crippen molar-refractivity contribution in [2.45, 2.75) is 38.4 Å². The minimum absolute atomic E-state index is 0.867. The molecule has 1 nitrogen and oxygen atoms in total. The van der Waals surface area contributed by atoms with E-state index in [0.29, 0.717) is 0 Å². The van der Waals surface area contributed by atoms with Gasteiger partial charge in [-0.25, -0.2) is 0 Å². The largest absolute Gasteiger partial charge is 0.417 e. The third-order valence-electron chi connectivity index (χ3n) is 2.44. The summed E-state index contributed by atoms with van der Waals surface area (Å²) in [6.45, 7) is 7.97. The quantitative estimate of drug-likeness (QED) is 0.474. The lowest BCUT2D eigenvalue weighted by Gasteiger charge is -2.34. The van der Waals surface area contributed by atoms with Gasteiger partial charge in [-0.15, -0.1) is 0 Å². The predicted octanol–water partition coefficient (Wildman–Crippen LogP) is 2.39. The molecular weight excluding hydrogens is 128 g/mol. The highest BCUT2D eigenvalue weighted by atomic mass is 28.4. The van der Waals surface area contributed by atoms with E-state index in [1.165, 1.54) is 12.8 Å². The van der Waals surface area contributed by atoms with E-state index in [4.69, 9.17) is 4.43 Å². The van der Waals surface area contributed by atoms with Crippen LogP contribution in [0.4, 0.5) is 0 Å². The van der Waals surface area contributed by atoms with Crippen molar-refractivity contribution in [1.29, 1.82) is 0 Å². The summed E-state index contributed by atoms with van der Waals surface area (Å²) in [6.07, 6.45) is 2.66.